The lowest BCUT2D eigenvalue weighted by molar-refractivity contribution is 0.383. The molecule has 1 saturated carbocycles. The van der Waals surface area contributed by atoms with Gasteiger partial charge in [0.25, 0.3) is 0 Å². The molecule has 4 atom stereocenters. The standard InChI is InChI=1S/C17H23N/c1-12(2)11-18-17-15-9-8-14(10-15)16(17)13-6-4-3-5-7-13/h3-9,12,14-18H,10-11H2,1-2H3. The molecule has 1 N–H and O–H groups in total. The molecule has 0 saturated heterocycles. The summed E-state index contributed by atoms with van der Waals surface area (Å²) in [5.41, 5.74) is 1.51. The van der Waals surface area contributed by atoms with Crippen LogP contribution in [0.4, 0.5) is 0 Å². The van der Waals surface area contributed by atoms with Gasteiger partial charge in [0.15, 0.2) is 0 Å². The number of hydrogen-bond donors (Lipinski definition) is 1. The molecule has 4 unspecified atom stereocenters. The zero-order valence-electron chi connectivity index (χ0n) is 11.3. The molecule has 0 radical (unpaired) electrons. The first-order valence-electron chi connectivity index (χ1n) is 7.22. The minimum Gasteiger partial charge on any atom is -0.313 e. The Bertz CT molecular complexity index is 420. The average molecular weight is 241 g/mol. The highest BCUT2D eigenvalue weighted by molar-refractivity contribution is 5.31. The molecule has 0 aromatic heterocycles. The van der Waals surface area contributed by atoms with E-state index in [0.29, 0.717) is 12.0 Å². The SMILES string of the molecule is CC(C)CNC1C2C=CC(C2)C1c1ccccc1. The largest absolute Gasteiger partial charge is 0.313 e. The lowest BCUT2D eigenvalue weighted by atomic mass is 9.83. The van der Waals surface area contributed by atoms with Gasteiger partial charge in [-0.2, -0.15) is 0 Å². The van der Waals surface area contributed by atoms with Gasteiger partial charge in [0.05, 0.1) is 0 Å². The van der Waals surface area contributed by atoms with Gasteiger partial charge in [0, 0.05) is 12.0 Å². The molecule has 1 fully saturated rings. The van der Waals surface area contributed by atoms with Crippen molar-refractivity contribution in [2.24, 2.45) is 17.8 Å². The summed E-state index contributed by atoms with van der Waals surface area (Å²) >= 11 is 0. The molecule has 1 aromatic carbocycles. The Labute approximate surface area is 110 Å². The molecule has 1 heteroatoms. The highest BCUT2D eigenvalue weighted by Crippen LogP contribution is 2.48. The van der Waals surface area contributed by atoms with Crippen molar-refractivity contribution in [1.29, 1.82) is 0 Å². The van der Waals surface area contributed by atoms with Crippen molar-refractivity contribution >= 4 is 0 Å². The van der Waals surface area contributed by atoms with Gasteiger partial charge in [-0.1, -0.05) is 56.3 Å². The van der Waals surface area contributed by atoms with E-state index in [-0.39, 0.29) is 0 Å². The lowest BCUT2D eigenvalue weighted by Gasteiger charge is -2.30. The van der Waals surface area contributed by atoms with E-state index in [1.807, 2.05) is 0 Å². The molecule has 2 bridgehead atoms. The first-order chi connectivity index (χ1) is 8.75. The summed E-state index contributed by atoms with van der Waals surface area (Å²) < 4.78 is 0. The molecule has 1 aromatic rings. The van der Waals surface area contributed by atoms with Crippen molar-refractivity contribution < 1.29 is 0 Å². The zero-order valence-corrected chi connectivity index (χ0v) is 11.3. The lowest BCUT2D eigenvalue weighted by Crippen LogP contribution is -2.39. The number of benzene rings is 1. The van der Waals surface area contributed by atoms with E-state index < -0.39 is 0 Å². The van der Waals surface area contributed by atoms with Crippen LogP contribution >= 0.6 is 0 Å². The van der Waals surface area contributed by atoms with E-state index in [0.717, 1.165) is 24.3 Å². The summed E-state index contributed by atoms with van der Waals surface area (Å²) in [5.74, 6) is 2.91. The second kappa shape index (κ2) is 4.89. The number of nitrogens with one attached hydrogen (secondary N) is 1. The smallest absolute Gasteiger partial charge is 0.0204 e. The first-order valence-corrected chi connectivity index (χ1v) is 7.22. The van der Waals surface area contributed by atoms with Gasteiger partial charge >= 0.3 is 0 Å². The predicted molar refractivity (Wildman–Crippen MR) is 76.5 cm³/mol. The molecule has 2 aliphatic carbocycles. The van der Waals surface area contributed by atoms with Crippen molar-refractivity contribution in [3.05, 3.63) is 48.0 Å². The fourth-order valence-corrected chi connectivity index (χ4v) is 3.60. The number of rotatable bonds is 4. The van der Waals surface area contributed by atoms with Crippen molar-refractivity contribution in [2.75, 3.05) is 6.54 Å². The zero-order chi connectivity index (χ0) is 12.5. The van der Waals surface area contributed by atoms with E-state index in [1.165, 1.54) is 12.0 Å². The topological polar surface area (TPSA) is 12.0 Å². The quantitative estimate of drug-likeness (QED) is 0.794. The highest BCUT2D eigenvalue weighted by atomic mass is 14.9. The third kappa shape index (κ3) is 2.12. The van der Waals surface area contributed by atoms with Crippen LogP contribution in [0.25, 0.3) is 0 Å². The Morgan fingerprint density at radius 2 is 1.83 bits per heavy atom. The molecule has 2 aliphatic rings. The van der Waals surface area contributed by atoms with Gasteiger partial charge in [0.2, 0.25) is 0 Å². The van der Waals surface area contributed by atoms with Crippen LogP contribution in [0.1, 0.15) is 31.7 Å². The molecule has 0 amide bonds. The van der Waals surface area contributed by atoms with E-state index in [1.54, 1.807) is 0 Å². The van der Waals surface area contributed by atoms with E-state index in [4.69, 9.17) is 0 Å². The Morgan fingerprint density at radius 3 is 2.56 bits per heavy atom. The molecule has 0 spiro atoms. The van der Waals surface area contributed by atoms with Crippen LogP contribution in [0.5, 0.6) is 0 Å². The summed E-state index contributed by atoms with van der Waals surface area (Å²) in [6, 6.07) is 11.7. The van der Waals surface area contributed by atoms with E-state index in [9.17, 15) is 0 Å². The summed E-state index contributed by atoms with van der Waals surface area (Å²) in [4.78, 5) is 0. The second-order valence-corrected chi connectivity index (χ2v) is 6.21. The van der Waals surface area contributed by atoms with Gasteiger partial charge < -0.3 is 5.32 Å². The minimum absolute atomic E-state index is 0.643. The van der Waals surface area contributed by atoms with Crippen molar-refractivity contribution in [1.82, 2.24) is 5.32 Å². The number of hydrogen-bond acceptors (Lipinski definition) is 1. The van der Waals surface area contributed by atoms with Crippen LogP contribution < -0.4 is 5.32 Å². The molecule has 3 rings (SSSR count). The molecular formula is C17H23N. The van der Waals surface area contributed by atoms with Crippen LogP contribution in [0, 0.1) is 17.8 Å². The Kier molecular flexibility index (Phi) is 3.25. The minimum atomic E-state index is 0.643. The third-order valence-electron chi connectivity index (χ3n) is 4.41. The van der Waals surface area contributed by atoms with E-state index in [2.05, 4.69) is 61.6 Å². The Morgan fingerprint density at radius 1 is 1.11 bits per heavy atom. The van der Waals surface area contributed by atoms with Crippen LogP contribution in [0.2, 0.25) is 0 Å². The molecule has 0 aliphatic heterocycles. The van der Waals surface area contributed by atoms with Crippen molar-refractivity contribution in [3.63, 3.8) is 0 Å². The number of fused-ring (bicyclic) bond motifs is 2. The third-order valence-corrected chi connectivity index (χ3v) is 4.41. The van der Waals surface area contributed by atoms with Crippen LogP contribution in [-0.2, 0) is 0 Å². The Balaban J connectivity index is 1.81. The molecule has 96 valence electrons. The fourth-order valence-electron chi connectivity index (χ4n) is 3.60. The van der Waals surface area contributed by atoms with Gasteiger partial charge in [-0.25, -0.2) is 0 Å². The fraction of sp³-hybridized carbons (Fsp3) is 0.529. The molecular weight excluding hydrogens is 218 g/mol. The highest BCUT2D eigenvalue weighted by Gasteiger charge is 2.44. The molecule has 0 heterocycles. The van der Waals surface area contributed by atoms with Crippen molar-refractivity contribution in [2.45, 2.75) is 32.2 Å². The predicted octanol–water partition coefficient (Wildman–Crippen LogP) is 3.59. The summed E-state index contributed by atoms with van der Waals surface area (Å²) in [6.45, 7) is 5.70. The maximum absolute atomic E-state index is 3.81. The first kappa shape index (κ1) is 12.0. The van der Waals surface area contributed by atoms with Crippen LogP contribution in [-0.4, -0.2) is 12.6 Å². The number of allylic oxidation sites excluding steroid dienone is 1. The van der Waals surface area contributed by atoms with Crippen LogP contribution in [0.15, 0.2) is 42.5 Å². The summed E-state index contributed by atoms with van der Waals surface area (Å²) in [5, 5.41) is 3.81. The van der Waals surface area contributed by atoms with Gasteiger partial charge in [-0.15, -0.1) is 0 Å². The van der Waals surface area contributed by atoms with Crippen molar-refractivity contribution in [3.8, 4) is 0 Å². The second-order valence-electron chi connectivity index (χ2n) is 6.21. The maximum atomic E-state index is 3.81. The normalized spacial score (nSPS) is 33.5. The van der Waals surface area contributed by atoms with Gasteiger partial charge in [0.1, 0.15) is 0 Å². The molecule has 1 nitrogen and oxygen atoms in total. The average Bonchev–Trinajstić information content (AvgIpc) is 2.97. The van der Waals surface area contributed by atoms with Gasteiger partial charge in [-0.05, 0) is 36.3 Å². The molecule has 18 heavy (non-hydrogen) atoms. The monoisotopic (exact) mass is 241 g/mol. The summed E-state index contributed by atoms with van der Waals surface area (Å²) in [6.07, 6.45) is 6.22. The maximum Gasteiger partial charge on any atom is 0.0204 e. The van der Waals surface area contributed by atoms with Gasteiger partial charge in [-0.3, -0.25) is 0 Å². The van der Waals surface area contributed by atoms with Crippen LogP contribution in [0.3, 0.4) is 0 Å². The Hall–Kier alpha value is -1.08. The summed E-state index contributed by atoms with van der Waals surface area (Å²) in [7, 11) is 0. The van der Waals surface area contributed by atoms with E-state index >= 15 is 0 Å².